The Morgan fingerprint density at radius 1 is 1.25 bits per heavy atom. The third kappa shape index (κ3) is 8.83. The van der Waals surface area contributed by atoms with Crippen LogP contribution < -0.4 is 0 Å². The Hall–Kier alpha value is 2.70. The molecule has 0 N–H and O–H groups in total. The van der Waals surface area contributed by atoms with E-state index >= 15 is 0 Å². The Morgan fingerprint density at radius 2 is 1.25 bits per heavy atom. The molecule has 0 aliphatic carbocycles. The molecule has 0 aliphatic rings. The van der Waals surface area contributed by atoms with E-state index in [9.17, 15) is 0 Å². The van der Waals surface area contributed by atoms with E-state index in [0.717, 1.165) is 0 Å². The summed E-state index contributed by atoms with van der Waals surface area (Å²) < 4.78 is 0. The molecule has 2 radical (unpaired) electrons. The zero-order chi connectivity index (χ0) is 2.71. The van der Waals surface area contributed by atoms with Crippen molar-refractivity contribution in [2.24, 2.45) is 0 Å². The molecule has 0 rings (SSSR count). The quantitative estimate of drug-likeness (QED) is 0.610. The molecule has 0 aromatic carbocycles. The third-order valence-electron chi connectivity index (χ3n) is 0. The van der Waals surface area contributed by atoms with Gasteiger partial charge in [0.15, 0.2) is 0 Å². The van der Waals surface area contributed by atoms with Crippen LogP contribution in [0.2, 0.25) is 0 Å². The molecule has 0 aliphatic heterocycles. The van der Waals surface area contributed by atoms with Crippen molar-refractivity contribution in [2.75, 3.05) is 0 Å². The summed E-state index contributed by atoms with van der Waals surface area (Å²) in [7, 11) is 8.68. The summed E-state index contributed by atoms with van der Waals surface area (Å²) in [4.78, 5) is 0. The Balaban J connectivity index is 0. The molecule has 0 saturated carbocycles. The van der Waals surface area contributed by atoms with Gasteiger partial charge in [-0.2, -0.15) is 0 Å². The Labute approximate surface area is 81.2 Å². The van der Waals surface area contributed by atoms with E-state index in [2.05, 4.69) is 19.6 Å². The Kier molecular flexibility index (Phi) is 22.7. The van der Waals surface area contributed by atoms with Crippen molar-refractivity contribution in [3.8, 4) is 0 Å². The van der Waals surface area contributed by atoms with Crippen molar-refractivity contribution in [1.29, 1.82) is 0 Å². The summed E-state index contributed by atoms with van der Waals surface area (Å²) >= 11 is -0.363. The van der Waals surface area contributed by atoms with Gasteiger partial charge in [-0.3, -0.25) is 0 Å². The van der Waals surface area contributed by atoms with Crippen LogP contribution in [0, 0.1) is 0 Å². The molecule has 4 heteroatoms. The molecule has 0 bridgehead atoms. The first kappa shape index (κ1) is 9.85. The molecule has 0 atom stereocenters. The van der Waals surface area contributed by atoms with Crippen LogP contribution in [-0.2, 0) is 14.9 Å². The van der Waals surface area contributed by atoms with E-state index in [-0.39, 0.29) is 63.8 Å². The van der Waals surface area contributed by atoms with E-state index in [1.165, 1.54) is 0 Å². The van der Waals surface area contributed by atoms with Crippen LogP contribution >= 0.6 is 19.6 Å². The van der Waals surface area contributed by atoms with E-state index in [4.69, 9.17) is 0 Å². The maximum atomic E-state index is 4.34. The zero-order valence-electron chi connectivity index (χ0n) is 1.93. The van der Waals surface area contributed by atoms with E-state index in [1.807, 2.05) is 0 Å². The monoisotopic (exact) mass is 300 g/mol. The summed E-state index contributed by atoms with van der Waals surface area (Å²) in [6.45, 7) is 0. The third-order valence-corrected chi connectivity index (χ3v) is 0. The van der Waals surface area contributed by atoms with E-state index in [0.29, 0.717) is 0 Å². The predicted molar refractivity (Wildman–Crippen MR) is 20.9 cm³/mol. The van der Waals surface area contributed by atoms with Gasteiger partial charge in [-0.25, -0.2) is 0 Å². The van der Waals surface area contributed by atoms with Crippen LogP contribution in [0.5, 0.6) is 0 Å². The second-order valence-corrected chi connectivity index (χ2v) is 3.62. The van der Waals surface area contributed by atoms with Crippen LogP contribution in [0.15, 0.2) is 0 Å². The second kappa shape index (κ2) is 9.20. The van der Waals surface area contributed by atoms with Gasteiger partial charge in [-0.15, -0.1) is 0 Å². The summed E-state index contributed by atoms with van der Waals surface area (Å²) in [5, 5.41) is 0. The fourth-order valence-corrected chi connectivity index (χ4v) is 0. The molecule has 20 valence electrons. The summed E-state index contributed by atoms with van der Waals surface area (Å²) in [5.74, 6) is 0. The van der Waals surface area contributed by atoms with Crippen LogP contribution in [0.25, 0.3) is 0 Å². The van der Waals surface area contributed by atoms with Crippen LogP contribution in [0.3, 0.4) is 0 Å². The second-order valence-electron chi connectivity index (χ2n) is 0.0680. The number of hydrogen-bond donors (Lipinski definition) is 0. The van der Waals surface area contributed by atoms with Crippen LogP contribution in [0.4, 0.5) is 0 Å². The first-order valence-corrected chi connectivity index (χ1v) is 5.92. The van der Waals surface area contributed by atoms with Crippen molar-refractivity contribution in [3.63, 3.8) is 0 Å². The zero-order valence-corrected chi connectivity index (χ0v) is 10.0. The Morgan fingerprint density at radius 3 is 1.25 bits per heavy atom. The molecular formula is BaMoS2. The van der Waals surface area contributed by atoms with E-state index < -0.39 is 0 Å². The average Bonchev–Trinajstić information content (AvgIpc) is 0.918. The SMILES string of the molecule is [Ba].[S]=[Mo]=[S]. The van der Waals surface area contributed by atoms with Gasteiger partial charge in [-0.05, 0) is 0 Å². The predicted octanol–water partition coefficient (Wildman–Crippen LogP) is 0.913. The van der Waals surface area contributed by atoms with Gasteiger partial charge in [-0.1, -0.05) is 0 Å². The normalized spacial score (nSPS) is 3.00. The molecule has 0 nitrogen and oxygen atoms in total. The summed E-state index contributed by atoms with van der Waals surface area (Å²) in [5.41, 5.74) is 0. The Bertz CT molecular complexity index is 27.0. The minimum absolute atomic E-state index is 0. The van der Waals surface area contributed by atoms with Crippen molar-refractivity contribution in [1.82, 2.24) is 0 Å². The molecule has 4 heavy (non-hydrogen) atoms. The first-order valence-electron chi connectivity index (χ1n) is 0.333. The standard InChI is InChI=1S/Ba.Mo.2S. The van der Waals surface area contributed by atoms with Gasteiger partial charge in [0.05, 0.1) is 0 Å². The number of rotatable bonds is 0. The fourth-order valence-electron chi connectivity index (χ4n) is 0. The van der Waals surface area contributed by atoms with Crippen molar-refractivity contribution in [2.45, 2.75) is 0 Å². The average molecular weight is 297 g/mol. The summed E-state index contributed by atoms with van der Waals surface area (Å²) in [6, 6.07) is 0. The molecule has 0 aromatic rings. The van der Waals surface area contributed by atoms with Gasteiger partial charge in [0.25, 0.3) is 0 Å². The number of hydrogen-bond acceptors (Lipinski definition) is 2. The molecule has 0 heterocycles. The fraction of sp³-hybridized carbons (Fsp3) is 0. The first-order chi connectivity index (χ1) is 1.41. The van der Waals surface area contributed by atoms with Crippen LogP contribution in [0.1, 0.15) is 0 Å². The molecule has 0 amide bonds. The topological polar surface area (TPSA) is 0 Å². The van der Waals surface area contributed by atoms with Crippen molar-refractivity contribution < 1.29 is 14.9 Å². The molecular weight excluding hydrogens is 297 g/mol. The molecule has 0 saturated heterocycles. The van der Waals surface area contributed by atoms with Gasteiger partial charge in [0, 0.05) is 48.9 Å². The van der Waals surface area contributed by atoms with Crippen molar-refractivity contribution in [3.05, 3.63) is 0 Å². The van der Waals surface area contributed by atoms with Gasteiger partial charge in [0.1, 0.15) is 0 Å². The molecule has 0 unspecified atom stereocenters. The van der Waals surface area contributed by atoms with Crippen molar-refractivity contribution >= 4 is 68.5 Å². The van der Waals surface area contributed by atoms with Gasteiger partial charge < -0.3 is 0 Å². The minimum atomic E-state index is -0.363. The molecule has 0 fully saturated rings. The molecule has 0 aromatic heterocycles. The van der Waals surface area contributed by atoms with Gasteiger partial charge in [0.2, 0.25) is 0 Å². The van der Waals surface area contributed by atoms with E-state index in [1.54, 1.807) is 0 Å². The summed E-state index contributed by atoms with van der Waals surface area (Å²) in [6.07, 6.45) is 0. The molecule has 0 spiro atoms. The van der Waals surface area contributed by atoms with Gasteiger partial charge >= 0.3 is 34.6 Å². The van der Waals surface area contributed by atoms with Crippen LogP contribution in [-0.4, -0.2) is 48.9 Å². The maximum absolute atomic E-state index is 4.34.